The molecule has 3 rings (SSSR count). The van der Waals surface area contributed by atoms with Crippen LogP contribution in [0.3, 0.4) is 0 Å². The van der Waals surface area contributed by atoms with Gasteiger partial charge in [-0.05, 0) is 43.4 Å². The molecule has 2 heterocycles. The number of carbonyl (C=O) groups excluding carboxylic acids is 1. The van der Waals surface area contributed by atoms with Crippen LogP contribution in [0.5, 0.6) is 0 Å². The minimum Gasteiger partial charge on any atom is -0.462 e. The number of carbonyl (C=O) groups is 1. The summed E-state index contributed by atoms with van der Waals surface area (Å²) < 4.78 is 10.5. The molecule has 5 nitrogen and oxygen atoms in total. The molecule has 5 heteroatoms. The summed E-state index contributed by atoms with van der Waals surface area (Å²) in [6.45, 7) is 3.64. The van der Waals surface area contributed by atoms with Gasteiger partial charge in [0.15, 0.2) is 0 Å². The monoisotopic (exact) mass is 324 g/mol. The summed E-state index contributed by atoms with van der Waals surface area (Å²) in [5, 5.41) is 9.92. The van der Waals surface area contributed by atoms with E-state index in [0.29, 0.717) is 23.8 Å². The first-order valence-electron chi connectivity index (χ1n) is 8.28. The van der Waals surface area contributed by atoms with Gasteiger partial charge < -0.3 is 9.47 Å². The lowest BCUT2D eigenvalue weighted by molar-refractivity contribution is 0.0525. The van der Waals surface area contributed by atoms with Gasteiger partial charge in [0.25, 0.3) is 0 Å². The quantitative estimate of drug-likeness (QED) is 0.806. The SMILES string of the molecule is CCOC(=O)c1cc2ccc(C3CCOCC3)cc2nc1CC#N. The number of rotatable bonds is 4. The van der Waals surface area contributed by atoms with Crippen LogP contribution in [0.25, 0.3) is 10.9 Å². The fourth-order valence-corrected chi connectivity index (χ4v) is 3.10. The van der Waals surface area contributed by atoms with Crippen LogP contribution in [-0.2, 0) is 15.9 Å². The van der Waals surface area contributed by atoms with E-state index in [-0.39, 0.29) is 6.42 Å². The van der Waals surface area contributed by atoms with Gasteiger partial charge in [0.05, 0.1) is 35.9 Å². The third kappa shape index (κ3) is 3.39. The van der Waals surface area contributed by atoms with Crippen LogP contribution >= 0.6 is 0 Å². The summed E-state index contributed by atoms with van der Waals surface area (Å²) in [6, 6.07) is 10.0. The molecule has 0 radical (unpaired) electrons. The lowest BCUT2D eigenvalue weighted by atomic mass is 9.91. The Morgan fingerprint density at radius 1 is 1.38 bits per heavy atom. The minimum atomic E-state index is -0.425. The van der Waals surface area contributed by atoms with Crippen LogP contribution in [0.1, 0.15) is 47.3 Å². The molecule has 0 aliphatic carbocycles. The number of hydrogen-bond acceptors (Lipinski definition) is 5. The molecule has 0 N–H and O–H groups in total. The highest BCUT2D eigenvalue weighted by Gasteiger charge is 2.18. The van der Waals surface area contributed by atoms with E-state index in [4.69, 9.17) is 14.7 Å². The number of aromatic nitrogens is 1. The first-order valence-corrected chi connectivity index (χ1v) is 8.28. The highest BCUT2D eigenvalue weighted by atomic mass is 16.5. The van der Waals surface area contributed by atoms with Crippen molar-refractivity contribution >= 4 is 16.9 Å². The van der Waals surface area contributed by atoms with Crippen molar-refractivity contribution in [3.8, 4) is 6.07 Å². The average Bonchev–Trinajstić information content (AvgIpc) is 2.62. The van der Waals surface area contributed by atoms with E-state index in [1.54, 1.807) is 13.0 Å². The molecule has 24 heavy (non-hydrogen) atoms. The number of esters is 1. The Labute approximate surface area is 141 Å². The molecule has 0 unspecified atom stereocenters. The van der Waals surface area contributed by atoms with Crippen LogP contribution in [-0.4, -0.2) is 30.8 Å². The van der Waals surface area contributed by atoms with Crippen molar-refractivity contribution in [3.05, 3.63) is 41.1 Å². The smallest absolute Gasteiger partial charge is 0.340 e. The maximum Gasteiger partial charge on any atom is 0.340 e. The van der Waals surface area contributed by atoms with Gasteiger partial charge in [-0.1, -0.05) is 12.1 Å². The highest BCUT2D eigenvalue weighted by Crippen LogP contribution is 2.29. The lowest BCUT2D eigenvalue weighted by Crippen LogP contribution is -2.14. The van der Waals surface area contributed by atoms with E-state index in [9.17, 15) is 4.79 Å². The Bertz CT molecular complexity index is 789. The Hall–Kier alpha value is -2.45. The molecule has 0 amide bonds. The van der Waals surface area contributed by atoms with Gasteiger partial charge in [-0.3, -0.25) is 4.98 Å². The fourth-order valence-electron chi connectivity index (χ4n) is 3.10. The van der Waals surface area contributed by atoms with Gasteiger partial charge in [0.1, 0.15) is 0 Å². The minimum absolute atomic E-state index is 0.0889. The maximum atomic E-state index is 12.1. The van der Waals surface area contributed by atoms with Gasteiger partial charge in [-0.25, -0.2) is 4.79 Å². The van der Waals surface area contributed by atoms with Crippen molar-refractivity contribution in [1.29, 1.82) is 5.26 Å². The van der Waals surface area contributed by atoms with Crippen molar-refractivity contribution in [2.75, 3.05) is 19.8 Å². The number of hydrogen-bond donors (Lipinski definition) is 0. The summed E-state index contributed by atoms with van der Waals surface area (Å²) in [4.78, 5) is 16.7. The fraction of sp³-hybridized carbons (Fsp3) is 0.421. The van der Waals surface area contributed by atoms with Crippen molar-refractivity contribution in [2.45, 2.75) is 32.1 Å². The Balaban J connectivity index is 2.02. The molecule has 1 aromatic carbocycles. The Morgan fingerprint density at radius 2 is 2.17 bits per heavy atom. The maximum absolute atomic E-state index is 12.1. The van der Waals surface area contributed by atoms with Crippen molar-refractivity contribution in [2.24, 2.45) is 0 Å². The number of benzene rings is 1. The molecule has 1 saturated heterocycles. The number of nitrogens with zero attached hydrogens (tertiary/aromatic N) is 2. The van der Waals surface area contributed by atoms with Crippen molar-refractivity contribution in [1.82, 2.24) is 4.98 Å². The molecule has 0 atom stereocenters. The molecule has 1 aliphatic heterocycles. The van der Waals surface area contributed by atoms with E-state index >= 15 is 0 Å². The molecule has 1 aromatic heterocycles. The second-order valence-corrected chi connectivity index (χ2v) is 5.88. The zero-order valence-electron chi connectivity index (χ0n) is 13.7. The first-order chi connectivity index (χ1) is 11.7. The van der Waals surface area contributed by atoms with Gasteiger partial charge in [-0.2, -0.15) is 5.26 Å². The highest BCUT2D eigenvalue weighted by molar-refractivity contribution is 5.95. The van der Waals surface area contributed by atoms with Crippen LogP contribution < -0.4 is 0 Å². The molecule has 0 saturated carbocycles. The Morgan fingerprint density at radius 3 is 2.88 bits per heavy atom. The van der Waals surface area contributed by atoms with E-state index in [1.165, 1.54) is 5.56 Å². The van der Waals surface area contributed by atoms with Crippen molar-refractivity contribution in [3.63, 3.8) is 0 Å². The van der Waals surface area contributed by atoms with Gasteiger partial charge in [0, 0.05) is 18.6 Å². The molecular formula is C19H20N2O3. The van der Waals surface area contributed by atoms with Crippen molar-refractivity contribution < 1.29 is 14.3 Å². The number of ether oxygens (including phenoxy) is 2. The third-order valence-corrected chi connectivity index (χ3v) is 4.36. The Kier molecular flexibility index (Phi) is 5.07. The first kappa shape index (κ1) is 16.4. The van der Waals surface area contributed by atoms with Gasteiger partial charge >= 0.3 is 5.97 Å². The van der Waals surface area contributed by atoms with Crippen LogP contribution in [0.2, 0.25) is 0 Å². The predicted octanol–water partition coefficient (Wildman–Crippen LogP) is 3.37. The average molecular weight is 324 g/mol. The lowest BCUT2D eigenvalue weighted by Gasteiger charge is -2.22. The largest absolute Gasteiger partial charge is 0.462 e. The molecule has 124 valence electrons. The molecule has 2 aromatic rings. The summed E-state index contributed by atoms with van der Waals surface area (Å²) in [6.07, 6.45) is 2.11. The van der Waals surface area contributed by atoms with E-state index in [2.05, 4.69) is 23.2 Å². The van der Waals surface area contributed by atoms with Crippen LogP contribution in [0, 0.1) is 11.3 Å². The second kappa shape index (κ2) is 7.41. The molecule has 1 aliphatic rings. The normalized spacial score (nSPS) is 15.2. The van der Waals surface area contributed by atoms with E-state index < -0.39 is 5.97 Å². The summed E-state index contributed by atoms with van der Waals surface area (Å²) in [5.74, 6) is 0.0553. The summed E-state index contributed by atoms with van der Waals surface area (Å²) in [7, 11) is 0. The zero-order chi connectivity index (χ0) is 16.9. The number of pyridine rings is 1. The zero-order valence-corrected chi connectivity index (χ0v) is 13.7. The summed E-state index contributed by atoms with van der Waals surface area (Å²) in [5.41, 5.74) is 2.92. The third-order valence-electron chi connectivity index (χ3n) is 4.36. The van der Waals surface area contributed by atoms with Gasteiger partial charge in [-0.15, -0.1) is 0 Å². The molecule has 0 spiro atoms. The topological polar surface area (TPSA) is 72.2 Å². The van der Waals surface area contributed by atoms with E-state index in [1.807, 2.05) is 6.07 Å². The number of fused-ring (bicyclic) bond motifs is 1. The molecule has 0 bridgehead atoms. The second-order valence-electron chi connectivity index (χ2n) is 5.88. The predicted molar refractivity (Wildman–Crippen MR) is 89.8 cm³/mol. The molecular weight excluding hydrogens is 304 g/mol. The standard InChI is InChI=1S/C19H20N2O3/c1-2-24-19(22)16-11-15-4-3-14(13-6-9-23-10-7-13)12-18(15)21-17(16)5-8-20/h3-4,11-13H,2,5-7,9-10H2,1H3. The van der Waals surface area contributed by atoms with Crippen LogP contribution in [0.15, 0.2) is 24.3 Å². The van der Waals surface area contributed by atoms with Gasteiger partial charge in [0.2, 0.25) is 0 Å². The van der Waals surface area contributed by atoms with E-state index in [0.717, 1.165) is 37.0 Å². The summed E-state index contributed by atoms with van der Waals surface area (Å²) >= 11 is 0. The van der Waals surface area contributed by atoms with Crippen LogP contribution in [0.4, 0.5) is 0 Å². The molecule has 1 fully saturated rings. The number of nitriles is 1.